The van der Waals surface area contributed by atoms with Gasteiger partial charge >= 0.3 is 0 Å². The lowest BCUT2D eigenvalue weighted by Gasteiger charge is -2.22. The maximum atomic E-state index is 12.6. The van der Waals surface area contributed by atoms with Crippen LogP contribution in [0.25, 0.3) is 0 Å². The minimum absolute atomic E-state index is 0.0150. The van der Waals surface area contributed by atoms with Crippen molar-refractivity contribution in [2.45, 2.75) is 38.0 Å². The third kappa shape index (κ3) is 5.50. The Balaban J connectivity index is 1.62. The molecule has 1 heterocycles. The van der Waals surface area contributed by atoms with Crippen molar-refractivity contribution in [3.05, 3.63) is 52.5 Å². The van der Waals surface area contributed by atoms with Crippen LogP contribution in [0.15, 0.2) is 41.3 Å². The van der Waals surface area contributed by atoms with Crippen LogP contribution in [0.1, 0.15) is 30.4 Å². The number of hydrogen-bond acceptors (Lipinski definition) is 4. The van der Waals surface area contributed by atoms with Gasteiger partial charge in [-0.15, -0.1) is 0 Å². The van der Waals surface area contributed by atoms with E-state index < -0.39 is 10.0 Å². The average Bonchev–Trinajstić information content (AvgIpc) is 3.18. The highest BCUT2D eigenvalue weighted by Crippen LogP contribution is 2.31. The van der Waals surface area contributed by atoms with Gasteiger partial charge in [0.2, 0.25) is 15.9 Å². The summed E-state index contributed by atoms with van der Waals surface area (Å²) in [6.45, 7) is 5.50. The van der Waals surface area contributed by atoms with E-state index >= 15 is 0 Å². The molecule has 1 aliphatic heterocycles. The highest BCUT2D eigenvalue weighted by atomic mass is 35.5. The molecular formula is C21H26ClN3O3S. The first-order valence-electron chi connectivity index (χ1n) is 9.67. The van der Waals surface area contributed by atoms with Gasteiger partial charge in [0.15, 0.2) is 0 Å². The summed E-state index contributed by atoms with van der Waals surface area (Å²) in [5.74, 6) is -0.267. The van der Waals surface area contributed by atoms with Gasteiger partial charge in [0.1, 0.15) is 0 Å². The molecular weight excluding hydrogens is 410 g/mol. The normalized spacial score (nSPS) is 14.2. The van der Waals surface area contributed by atoms with Gasteiger partial charge in [0, 0.05) is 31.1 Å². The van der Waals surface area contributed by atoms with Gasteiger partial charge < -0.3 is 10.2 Å². The van der Waals surface area contributed by atoms with Crippen molar-refractivity contribution in [2.24, 2.45) is 0 Å². The Hall–Kier alpha value is -2.09. The van der Waals surface area contributed by atoms with E-state index in [1.807, 2.05) is 25.1 Å². The van der Waals surface area contributed by atoms with E-state index in [2.05, 4.69) is 14.9 Å². The van der Waals surface area contributed by atoms with Crippen molar-refractivity contribution in [3.63, 3.8) is 0 Å². The fourth-order valence-electron chi connectivity index (χ4n) is 3.43. The lowest BCUT2D eigenvalue weighted by atomic mass is 10.2. The summed E-state index contributed by atoms with van der Waals surface area (Å²) in [4.78, 5) is 14.9. The topological polar surface area (TPSA) is 78.5 Å². The summed E-state index contributed by atoms with van der Waals surface area (Å²) >= 11 is 6.11. The fourth-order valence-corrected chi connectivity index (χ4v) is 4.96. The number of hydrogen-bond donors (Lipinski definition) is 2. The molecule has 0 radical (unpaired) electrons. The highest BCUT2D eigenvalue weighted by molar-refractivity contribution is 7.89. The monoisotopic (exact) mass is 435 g/mol. The van der Waals surface area contributed by atoms with Crippen molar-refractivity contribution in [2.75, 3.05) is 29.9 Å². The van der Waals surface area contributed by atoms with E-state index in [1.165, 1.54) is 0 Å². The Kier molecular flexibility index (Phi) is 6.82. The van der Waals surface area contributed by atoms with E-state index in [1.54, 1.807) is 25.1 Å². The maximum Gasteiger partial charge on any atom is 0.240 e. The number of rotatable bonds is 7. The fraction of sp³-hybridized carbons (Fsp3) is 0.381. The molecule has 0 unspecified atom stereocenters. The lowest BCUT2D eigenvalue weighted by Crippen LogP contribution is -2.28. The minimum atomic E-state index is -3.67. The first-order valence-corrected chi connectivity index (χ1v) is 11.5. The molecule has 1 aliphatic rings. The molecule has 2 aromatic carbocycles. The molecule has 2 aromatic rings. The Morgan fingerprint density at radius 2 is 1.83 bits per heavy atom. The number of nitrogens with one attached hydrogen (secondary N) is 2. The molecule has 2 N–H and O–H groups in total. The number of nitrogens with zero attached hydrogens (tertiary/aromatic N) is 1. The smallest absolute Gasteiger partial charge is 0.240 e. The van der Waals surface area contributed by atoms with Crippen molar-refractivity contribution in [3.8, 4) is 0 Å². The highest BCUT2D eigenvalue weighted by Gasteiger charge is 2.19. The Labute approximate surface area is 177 Å². The molecule has 0 aliphatic carbocycles. The SMILES string of the molecule is Cc1ccc(C)c(S(=O)(=O)NCCC(=O)Nc2cc(Cl)ccc2N2CCCC2)c1. The average molecular weight is 436 g/mol. The van der Waals surface area contributed by atoms with Gasteiger partial charge in [-0.1, -0.05) is 23.7 Å². The second kappa shape index (κ2) is 9.15. The van der Waals surface area contributed by atoms with Crippen molar-refractivity contribution in [1.29, 1.82) is 0 Å². The van der Waals surface area contributed by atoms with Gasteiger partial charge in [-0.25, -0.2) is 13.1 Å². The summed E-state index contributed by atoms with van der Waals surface area (Å²) in [5, 5.41) is 3.42. The zero-order chi connectivity index (χ0) is 21.0. The zero-order valence-corrected chi connectivity index (χ0v) is 18.2. The molecule has 6 nitrogen and oxygen atoms in total. The predicted molar refractivity (Wildman–Crippen MR) is 117 cm³/mol. The van der Waals surface area contributed by atoms with Crippen LogP contribution in [0.3, 0.4) is 0 Å². The van der Waals surface area contributed by atoms with Crippen molar-refractivity contribution < 1.29 is 13.2 Å². The van der Waals surface area contributed by atoms with Crippen LogP contribution in [-0.2, 0) is 14.8 Å². The Bertz CT molecular complexity index is 1000. The number of carbonyl (C=O) groups is 1. The van der Waals surface area contributed by atoms with E-state index in [0.717, 1.165) is 37.2 Å². The summed E-state index contributed by atoms with van der Waals surface area (Å²) in [6.07, 6.45) is 2.27. The van der Waals surface area contributed by atoms with Gasteiger partial charge in [-0.3, -0.25) is 4.79 Å². The van der Waals surface area contributed by atoms with Gasteiger partial charge in [-0.2, -0.15) is 0 Å². The maximum absolute atomic E-state index is 12.6. The molecule has 0 aromatic heterocycles. The van der Waals surface area contributed by atoms with Gasteiger partial charge in [0.25, 0.3) is 0 Å². The van der Waals surface area contributed by atoms with Crippen molar-refractivity contribution in [1.82, 2.24) is 4.72 Å². The summed E-state index contributed by atoms with van der Waals surface area (Å²) in [6, 6.07) is 10.7. The van der Waals surface area contributed by atoms with Crippen LogP contribution >= 0.6 is 11.6 Å². The number of sulfonamides is 1. The number of halogens is 1. The van der Waals surface area contributed by atoms with E-state index in [9.17, 15) is 13.2 Å². The minimum Gasteiger partial charge on any atom is -0.370 e. The Morgan fingerprint density at radius 1 is 1.10 bits per heavy atom. The van der Waals surface area contributed by atoms with E-state index in [0.29, 0.717) is 16.3 Å². The second-order valence-corrected chi connectivity index (χ2v) is 9.49. The molecule has 1 fully saturated rings. The first-order chi connectivity index (χ1) is 13.8. The molecule has 0 atom stereocenters. The quantitative estimate of drug-likeness (QED) is 0.692. The third-order valence-electron chi connectivity index (χ3n) is 4.96. The Morgan fingerprint density at radius 3 is 2.55 bits per heavy atom. The second-order valence-electron chi connectivity index (χ2n) is 7.32. The van der Waals surface area contributed by atoms with Crippen LogP contribution in [-0.4, -0.2) is 34.0 Å². The third-order valence-corrected chi connectivity index (χ3v) is 6.79. The summed E-state index contributed by atoms with van der Waals surface area (Å²) in [7, 11) is -3.67. The van der Waals surface area contributed by atoms with E-state index in [-0.39, 0.29) is 23.8 Å². The largest absolute Gasteiger partial charge is 0.370 e. The predicted octanol–water partition coefficient (Wildman–Crippen LogP) is 3.86. The number of aryl methyl sites for hydroxylation is 2. The summed E-state index contributed by atoms with van der Waals surface area (Å²) in [5.41, 5.74) is 3.13. The van der Waals surface area contributed by atoms with Crippen LogP contribution in [0, 0.1) is 13.8 Å². The molecule has 29 heavy (non-hydrogen) atoms. The molecule has 1 amide bonds. The number of benzene rings is 2. The van der Waals surface area contributed by atoms with Gasteiger partial charge in [0.05, 0.1) is 16.3 Å². The first kappa shape index (κ1) is 21.6. The van der Waals surface area contributed by atoms with E-state index in [4.69, 9.17) is 11.6 Å². The number of anilines is 2. The standard InChI is InChI=1S/C21H26ClN3O3S/c1-15-5-6-16(2)20(13-15)29(27,28)23-10-9-21(26)24-18-14-17(22)7-8-19(18)25-11-3-4-12-25/h5-8,13-14,23H,3-4,9-12H2,1-2H3,(H,24,26). The summed E-state index contributed by atoms with van der Waals surface area (Å²) < 4.78 is 27.6. The molecule has 0 spiro atoms. The van der Waals surface area contributed by atoms with Crippen LogP contribution in [0.2, 0.25) is 5.02 Å². The van der Waals surface area contributed by atoms with Crippen LogP contribution in [0.4, 0.5) is 11.4 Å². The molecule has 0 bridgehead atoms. The molecule has 0 saturated carbocycles. The van der Waals surface area contributed by atoms with Crippen molar-refractivity contribution >= 4 is 38.9 Å². The molecule has 156 valence electrons. The number of amides is 1. The van der Waals surface area contributed by atoms with Crippen LogP contribution < -0.4 is 14.9 Å². The van der Waals surface area contributed by atoms with Gasteiger partial charge in [-0.05, 0) is 62.1 Å². The molecule has 1 saturated heterocycles. The molecule has 8 heteroatoms. The zero-order valence-electron chi connectivity index (χ0n) is 16.7. The molecule has 3 rings (SSSR count). The number of carbonyl (C=O) groups excluding carboxylic acids is 1. The van der Waals surface area contributed by atoms with Crippen LogP contribution in [0.5, 0.6) is 0 Å². The lowest BCUT2D eigenvalue weighted by molar-refractivity contribution is -0.116.